The van der Waals surface area contributed by atoms with Crippen molar-refractivity contribution in [2.45, 2.75) is 6.92 Å². The second-order valence-corrected chi connectivity index (χ2v) is 4.37. The molecule has 0 saturated carbocycles. The molecule has 3 rings (SSSR count). The average Bonchev–Trinajstić information content (AvgIpc) is 2.68. The number of nitrogens with zero attached hydrogens (tertiary/aromatic N) is 2. The number of nitrogens with two attached hydrogens (primary N) is 1. The molecule has 0 aliphatic rings. The van der Waals surface area contributed by atoms with E-state index in [2.05, 4.69) is 4.98 Å². The quantitative estimate of drug-likeness (QED) is 0.729. The smallest absolute Gasteiger partial charge is 0.205 e. The van der Waals surface area contributed by atoms with Crippen molar-refractivity contribution in [1.82, 2.24) is 9.55 Å². The number of aryl methyl sites for hydroxylation is 1. The Balaban J connectivity index is 2.38. The maximum Gasteiger partial charge on any atom is 0.205 e. The fourth-order valence-electron chi connectivity index (χ4n) is 2.14. The zero-order valence-corrected chi connectivity index (χ0v) is 10.2. The van der Waals surface area contributed by atoms with Crippen LogP contribution < -0.4 is 5.73 Å². The molecule has 3 nitrogen and oxygen atoms in total. The molecule has 0 bridgehead atoms. The molecule has 0 aliphatic carbocycles. The Morgan fingerprint density at radius 3 is 2.53 bits per heavy atom. The number of hydrogen-bond acceptors (Lipinski definition) is 2. The van der Waals surface area contributed by atoms with Crippen LogP contribution in [0.1, 0.15) is 5.56 Å². The van der Waals surface area contributed by atoms with Gasteiger partial charge >= 0.3 is 0 Å². The van der Waals surface area contributed by atoms with Gasteiger partial charge in [0.05, 0.1) is 16.7 Å². The van der Waals surface area contributed by atoms with Crippen LogP contribution in [0.2, 0.25) is 0 Å². The Kier molecular flexibility index (Phi) is 2.48. The van der Waals surface area contributed by atoms with E-state index in [1.165, 1.54) is 24.3 Å². The summed E-state index contributed by atoms with van der Waals surface area (Å²) >= 11 is 0. The van der Waals surface area contributed by atoms with Crippen molar-refractivity contribution in [2.75, 3.05) is 5.73 Å². The predicted molar refractivity (Wildman–Crippen MR) is 70.1 cm³/mol. The largest absolute Gasteiger partial charge is 0.369 e. The van der Waals surface area contributed by atoms with Gasteiger partial charge in [0.1, 0.15) is 11.6 Å². The molecule has 5 heteroatoms. The highest BCUT2D eigenvalue weighted by Gasteiger charge is 2.13. The van der Waals surface area contributed by atoms with E-state index >= 15 is 0 Å². The van der Waals surface area contributed by atoms with Gasteiger partial charge in [-0.25, -0.2) is 13.8 Å². The molecule has 0 aliphatic heterocycles. The molecular weight excluding hydrogens is 248 g/mol. The number of imidazole rings is 1. The average molecular weight is 259 g/mol. The first-order valence-corrected chi connectivity index (χ1v) is 5.76. The number of hydrogen-bond donors (Lipinski definition) is 1. The van der Waals surface area contributed by atoms with Gasteiger partial charge in [-0.3, -0.25) is 4.57 Å². The van der Waals surface area contributed by atoms with E-state index in [-0.39, 0.29) is 17.6 Å². The number of fused-ring (bicyclic) bond motifs is 1. The van der Waals surface area contributed by atoms with Gasteiger partial charge in [0.2, 0.25) is 5.95 Å². The molecule has 2 aromatic carbocycles. The van der Waals surface area contributed by atoms with Crippen molar-refractivity contribution < 1.29 is 8.78 Å². The second kappa shape index (κ2) is 4.05. The van der Waals surface area contributed by atoms with E-state index in [1.54, 1.807) is 16.7 Å². The first kappa shape index (κ1) is 11.6. The van der Waals surface area contributed by atoms with Gasteiger partial charge < -0.3 is 5.73 Å². The predicted octanol–water partition coefficient (Wildman–Crippen LogP) is 3.19. The van der Waals surface area contributed by atoms with E-state index in [0.29, 0.717) is 16.7 Å². The summed E-state index contributed by atoms with van der Waals surface area (Å²) in [5, 5.41) is 0. The molecule has 0 saturated heterocycles. The molecule has 0 spiro atoms. The topological polar surface area (TPSA) is 43.8 Å². The lowest BCUT2D eigenvalue weighted by atomic mass is 10.2. The van der Waals surface area contributed by atoms with Crippen molar-refractivity contribution in [3.63, 3.8) is 0 Å². The van der Waals surface area contributed by atoms with Crippen LogP contribution in [-0.2, 0) is 0 Å². The first-order chi connectivity index (χ1) is 9.06. The Hall–Kier alpha value is -2.43. The highest BCUT2D eigenvalue weighted by atomic mass is 19.1. The van der Waals surface area contributed by atoms with Crippen molar-refractivity contribution in [1.29, 1.82) is 0 Å². The molecule has 1 heterocycles. The van der Waals surface area contributed by atoms with Gasteiger partial charge in [-0.1, -0.05) is 6.07 Å². The maximum absolute atomic E-state index is 13.4. The van der Waals surface area contributed by atoms with Crippen LogP contribution in [0, 0.1) is 18.6 Å². The lowest BCUT2D eigenvalue weighted by molar-refractivity contribution is 0.626. The van der Waals surface area contributed by atoms with Crippen molar-refractivity contribution >= 4 is 17.0 Å². The first-order valence-electron chi connectivity index (χ1n) is 5.76. The van der Waals surface area contributed by atoms with E-state index in [1.807, 2.05) is 6.92 Å². The molecule has 19 heavy (non-hydrogen) atoms. The Bertz CT molecular complexity index is 778. The minimum absolute atomic E-state index is 0.203. The zero-order valence-electron chi connectivity index (χ0n) is 10.2. The fourth-order valence-corrected chi connectivity index (χ4v) is 2.14. The van der Waals surface area contributed by atoms with E-state index in [9.17, 15) is 8.78 Å². The maximum atomic E-state index is 13.4. The molecule has 2 N–H and O–H groups in total. The summed E-state index contributed by atoms with van der Waals surface area (Å²) in [6.45, 7) is 1.83. The van der Waals surface area contributed by atoms with Gasteiger partial charge in [0, 0.05) is 6.07 Å². The standard InChI is InChI=1S/C14H11F2N3/c1-8-2-3-9(15)6-12(8)19-13-7-10(16)4-5-11(13)18-14(19)17/h2-7H,1H3,(H2,17,18). The molecule has 0 radical (unpaired) electrons. The monoisotopic (exact) mass is 259 g/mol. The zero-order chi connectivity index (χ0) is 13.6. The van der Waals surface area contributed by atoms with E-state index in [0.717, 1.165) is 5.56 Å². The van der Waals surface area contributed by atoms with Crippen LogP contribution in [-0.4, -0.2) is 9.55 Å². The lowest BCUT2D eigenvalue weighted by Crippen LogP contribution is -2.03. The number of anilines is 1. The SMILES string of the molecule is Cc1ccc(F)cc1-n1c(N)nc2ccc(F)cc21. The minimum Gasteiger partial charge on any atom is -0.369 e. The summed E-state index contributed by atoms with van der Waals surface area (Å²) in [6.07, 6.45) is 0. The molecule has 0 amide bonds. The van der Waals surface area contributed by atoms with Crippen LogP contribution in [0.4, 0.5) is 14.7 Å². The van der Waals surface area contributed by atoms with Crippen LogP contribution >= 0.6 is 0 Å². The van der Waals surface area contributed by atoms with Gasteiger partial charge in [-0.05, 0) is 36.8 Å². The molecule has 96 valence electrons. The molecule has 0 fully saturated rings. The van der Waals surface area contributed by atoms with Gasteiger partial charge in [-0.15, -0.1) is 0 Å². The van der Waals surface area contributed by atoms with Crippen LogP contribution in [0.15, 0.2) is 36.4 Å². The third-order valence-electron chi connectivity index (χ3n) is 3.05. The minimum atomic E-state index is -0.386. The third kappa shape index (κ3) is 1.83. The number of aromatic nitrogens is 2. The summed E-state index contributed by atoms with van der Waals surface area (Å²) in [6, 6.07) is 8.58. The van der Waals surface area contributed by atoms with E-state index < -0.39 is 0 Å². The third-order valence-corrected chi connectivity index (χ3v) is 3.05. The fraction of sp³-hybridized carbons (Fsp3) is 0.0714. The Morgan fingerprint density at radius 1 is 1.05 bits per heavy atom. The normalized spacial score (nSPS) is 11.1. The Labute approximate surface area is 108 Å². The number of benzene rings is 2. The molecule has 0 atom stereocenters. The lowest BCUT2D eigenvalue weighted by Gasteiger charge is -2.10. The van der Waals surface area contributed by atoms with Crippen LogP contribution in [0.5, 0.6) is 0 Å². The van der Waals surface area contributed by atoms with Crippen LogP contribution in [0.3, 0.4) is 0 Å². The molecule has 1 aromatic heterocycles. The molecular formula is C14H11F2N3. The van der Waals surface area contributed by atoms with Gasteiger partial charge in [0.15, 0.2) is 0 Å². The summed E-state index contributed by atoms with van der Waals surface area (Å²) in [5.41, 5.74) is 8.34. The molecule has 0 unspecified atom stereocenters. The summed E-state index contributed by atoms with van der Waals surface area (Å²) in [7, 11) is 0. The highest BCUT2D eigenvalue weighted by Crippen LogP contribution is 2.26. The number of nitrogen functional groups attached to an aromatic ring is 1. The number of halogens is 2. The van der Waals surface area contributed by atoms with Gasteiger partial charge in [0.25, 0.3) is 0 Å². The van der Waals surface area contributed by atoms with E-state index in [4.69, 9.17) is 5.73 Å². The summed E-state index contributed by atoms with van der Waals surface area (Å²) in [4.78, 5) is 4.15. The second-order valence-electron chi connectivity index (χ2n) is 4.37. The Morgan fingerprint density at radius 2 is 1.74 bits per heavy atom. The number of rotatable bonds is 1. The summed E-state index contributed by atoms with van der Waals surface area (Å²) < 4.78 is 28.3. The van der Waals surface area contributed by atoms with Crippen molar-refractivity contribution in [2.24, 2.45) is 0 Å². The van der Waals surface area contributed by atoms with Crippen LogP contribution in [0.25, 0.3) is 16.7 Å². The summed E-state index contributed by atoms with van der Waals surface area (Å²) in [5.74, 6) is -0.560. The highest BCUT2D eigenvalue weighted by molar-refractivity contribution is 5.81. The molecule has 3 aromatic rings. The van der Waals surface area contributed by atoms with Crippen molar-refractivity contribution in [3.05, 3.63) is 53.6 Å². The van der Waals surface area contributed by atoms with Gasteiger partial charge in [-0.2, -0.15) is 0 Å². The van der Waals surface area contributed by atoms with Crippen molar-refractivity contribution in [3.8, 4) is 5.69 Å².